The number of hydrogen-bond donors (Lipinski definition) is 1. The Morgan fingerprint density at radius 1 is 1.22 bits per heavy atom. The van der Waals surface area contributed by atoms with Crippen molar-refractivity contribution in [1.82, 2.24) is 5.32 Å². The number of fused-ring (bicyclic) bond motifs is 1. The summed E-state index contributed by atoms with van der Waals surface area (Å²) in [7, 11) is 0. The van der Waals surface area contributed by atoms with Gasteiger partial charge in [0.05, 0.1) is 5.92 Å². The molecule has 3 rings (SSSR count). The van der Waals surface area contributed by atoms with Crippen molar-refractivity contribution in [2.75, 3.05) is 12.3 Å². The van der Waals surface area contributed by atoms with Gasteiger partial charge in [-0.15, -0.1) is 23.2 Å². The molecule has 2 aromatic rings. The van der Waals surface area contributed by atoms with Gasteiger partial charge in [-0.05, 0) is 29.7 Å². The Bertz CT molecular complexity index is 797. The van der Waals surface area contributed by atoms with Crippen molar-refractivity contribution in [3.8, 4) is 0 Å². The minimum absolute atomic E-state index is 0.0491. The van der Waals surface area contributed by atoms with Crippen LogP contribution in [0.1, 0.15) is 22.6 Å². The van der Waals surface area contributed by atoms with Crippen LogP contribution in [-0.4, -0.2) is 23.0 Å². The summed E-state index contributed by atoms with van der Waals surface area (Å²) in [5.74, 6) is 0.298. The number of amides is 1. The number of rotatable bonds is 7. The number of carbonyl (C=O) groups is 1. The highest BCUT2D eigenvalue weighted by Crippen LogP contribution is 2.43. The van der Waals surface area contributed by atoms with Crippen LogP contribution in [0.25, 0.3) is 0 Å². The smallest absolute Gasteiger partial charge is 0.224 e. The van der Waals surface area contributed by atoms with Gasteiger partial charge < -0.3 is 5.32 Å². The van der Waals surface area contributed by atoms with Crippen LogP contribution in [0.15, 0.2) is 42.5 Å². The van der Waals surface area contributed by atoms with Crippen molar-refractivity contribution in [3.63, 3.8) is 0 Å². The van der Waals surface area contributed by atoms with Crippen LogP contribution < -0.4 is 5.32 Å². The van der Waals surface area contributed by atoms with E-state index in [9.17, 15) is 9.18 Å². The second-order valence-electron chi connectivity index (χ2n) is 6.41. The number of benzene rings is 2. The number of carbonyl (C=O) groups excluding carboxylic acids is 1. The Morgan fingerprint density at radius 2 is 2.00 bits per heavy atom. The fraction of sp³-hybridized carbons (Fsp3) is 0.350. The third-order valence-corrected chi connectivity index (χ3v) is 6.63. The van der Waals surface area contributed by atoms with Crippen molar-refractivity contribution >= 4 is 52.5 Å². The van der Waals surface area contributed by atoms with Gasteiger partial charge in [0.1, 0.15) is 10.7 Å². The molecule has 27 heavy (non-hydrogen) atoms. The van der Waals surface area contributed by atoms with Gasteiger partial charge in [0.25, 0.3) is 0 Å². The topological polar surface area (TPSA) is 29.1 Å². The molecule has 0 saturated heterocycles. The first-order valence-corrected chi connectivity index (χ1v) is 11.0. The Morgan fingerprint density at radius 3 is 2.74 bits per heavy atom. The van der Waals surface area contributed by atoms with Crippen molar-refractivity contribution in [2.24, 2.45) is 5.92 Å². The Labute approximate surface area is 177 Å². The fourth-order valence-electron chi connectivity index (χ4n) is 3.41. The first kappa shape index (κ1) is 20.8. The van der Waals surface area contributed by atoms with Crippen molar-refractivity contribution in [1.29, 1.82) is 0 Å². The third-order valence-electron chi connectivity index (χ3n) is 4.75. The average Bonchev–Trinajstić information content (AvgIpc) is 3.03. The largest absolute Gasteiger partial charge is 0.355 e. The van der Waals surface area contributed by atoms with Gasteiger partial charge in [-0.25, -0.2) is 4.39 Å². The van der Waals surface area contributed by atoms with Gasteiger partial charge in [0.15, 0.2) is 0 Å². The molecule has 7 heteroatoms. The molecule has 1 N–H and O–H groups in total. The van der Waals surface area contributed by atoms with Crippen LogP contribution in [-0.2, 0) is 17.0 Å². The van der Waals surface area contributed by atoms with E-state index in [-0.39, 0.29) is 23.6 Å². The molecule has 0 aromatic heterocycles. The van der Waals surface area contributed by atoms with E-state index in [0.29, 0.717) is 35.1 Å². The lowest BCUT2D eigenvalue weighted by atomic mass is 9.93. The summed E-state index contributed by atoms with van der Waals surface area (Å²) in [6, 6.07) is 12.6. The highest BCUT2D eigenvalue weighted by molar-refractivity contribution is 7.98. The van der Waals surface area contributed by atoms with Gasteiger partial charge in [-0.2, -0.15) is 11.8 Å². The molecule has 0 bridgehead atoms. The maximum atomic E-state index is 13.7. The van der Waals surface area contributed by atoms with Gasteiger partial charge >= 0.3 is 0 Å². The molecule has 0 aliphatic heterocycles. The van der Waals surface area contributed by atoms with Crippen LogP contribution >= 0.6 is 46.6 Å². The van der Waals surface area contributed by atoms with Gasteiger partial charge in [-0.3, -0.25) is 4.79 Å². The number of halogens is 4. The summed E-state index contributed by atoms with van der Waals surface area (Å²) in [4.78, 5) is 12.0. The molecule has 1 aliphatic rings. The molecule has 2 nitrogen and oxygen atoms in total. The Kier molecular flexibility index (Phi) is 7.32. The minimum Gasteiger partial charge on any atom is -0.355 e. The summed E-state index contributed by atoms with van der Waals surface area (Å²) in [6.07, 6.45) is 0.639. The van der Waals surface area contributed by atoms with Crippen LogP contribution in [0.5, 0.6) is 0 Å². The lowest BCUT2D eigenvalue weighted by Crippen LogP contribution is -2.35. The highest BCUT2D eigenvalue weighted by atomic mass is 35.5. The molecule has 0 radical (unpaired) electrons. The molecule has 2 aromatic carbocycles. The number of alkyl halides is 2. The summed E-state index contributed by atoms with van der Waals surface area (Å²) >= 11 is 19.9. The first-order chi connectivity index (χ1) is 13.0. The van der Waals surface area contributed by atoms with Crippen LogP contribution in [0.4, 0.5) is 4.39 Å². The molecule has 0 saturated carbocycles. The zero-order valence-electron chi connectivity index (χ0n) is 14.4. The molecule has 1 amide bonds. The molecule has 0 heterocycles. The highest BCUT2D eigenvalue weighted by Gasteiger charge is 2.40. The summed E-state index contributed by atoms with van der Waals surface area (Å²) in [6.45, 7) is 0.490. The van der Waals surface area contributed by atoms with E-state index in [1.165, 1.54) is 17.8 Å². The number of nitrogens with one attached hydrogen (secondary N) is 1. The van der Waals surface area contributed by atoms with Gasteiger partial charge in [-0.1, -0.05) is 41.9 Å². The van der Waals surface area contributed by atoms with Crippen molar-refractivity contribution < 1.29 is 9.18 Å². The fourth-order valence-corrected chi connectivity index (χ4v) is 5.23. The average molecular weight is 447 g/mol. The monoisotopic (exact) mass is 445 g/mol. The summed E-state index contributed by atoms with van der Waals surface area (Å²) in [5.41, 5.74) is 2.67. The molecular formula is C20H19Cl3FNOS. The zero-order valence-corrected chi connectivity index (χ0v) is 17.5. The van der Waals surface area contributed by atoms with E-state index in [2.05, 4.69) is 5.32 Å². The molecular weight excluding hydrogens is 428 g/mol. The van der Waals surface area contributed by atoms with Gasteiger partial charge in [0, 0.05) is 34.6 Å². The maximum Gasteiger partial charge on any atom is 0.224 e. The maximum absolute atomic E-state index is 13.7. The summed E-state index contributed by atoms with van der Waals surface area (Å²) < 4.78 is 13.7. The summed E-state index contributed by atoms with van der Waals surface area (Å²) in [5, 5.41) is 3.38. The Balaban J connectivity index is 1.50. The molecule has 0 fully saturated rings. The standard InChI is InChI=1S/C20H19Cl3FNOS/c21-16-6-3-7-17(24)15(16)11-27-9-8-25-20(26)14-10-12-4-1-2-5-13(12)18(14)19(22)23/h1-7,14,18-19H,8-11H2,(H,25,26)/t14-,18+/m0/s1. The molecule has 0 spiro atoms. The SMILES string of the molecule is O=C(NCCSCc1c(F)cccc1Cl)[C@H]1Cc2ccccc2[C@H]1C(Cl)Cl. The van der Waals surface area contributed by atoms with Crippen molar-refractivity contribution in [2.45, 2.75) is 22.9 Å². The Hall–Kier alpha value is -0.940. The van der Waals surface area contributed by atoms with Crippen LogP contribution in [0.2, 0.25) is 5.02 Å². The molecule has 144 valence electrons. The predicted molar refractivity (Wildman–Crippen MR) is 112 cm³/mol. The lowest BCUT2D eigenvalue weighted by molar-refractivity contribution is -0.125. The lowest BCUT2D eigenvalue weighted by Gasteiger charge is -2.21. The van der Waals surface area contributed by atoms with E-state index in [1.807, 2.05) is 24.3 Å². The van der Waals surface area contributed by atoms with Crippen molar-refractivity contribution in [3.05, 3.63) is 70.0 Å². The quantitative estimate of drug-likeness (QED) is 0.444. The molecule has 2 atom stereocenters. The van der Waals surface area contributed by atoms with E-state index in [1.54, 1.807) is 12.1 Å². The number of hydrogen-bond acceptors (Lipinski definition) is 2. The number of thioether (sulfide) groups is 1. The van der Waals surface area contributed by atoms with Crippen LogP contribution in [0.3, 0.4) is 0 Å². The molecule has 1 aliphatic carbocycles. The van der Waals surface area contributed by atoms with Crippen LogP contribution in [0, 0.1) is 11.7 Å². The normalized spacial score (nSPS) is 18.6. The second kappa shape index (κ2) is 9.51. The zero-order chi connectivity index (χ0) is 19.4. The first-order valence-electron chi connectivity index (χ1n) is 8.63. The van der Waals surface area contributed by atoms with E-state index in [4.69, 9.17) is 34.8 Å². The van der Waals surface area contributed by atoms with E-state index < -0.39 is 4.84 Å². The minimum atomic E-state index is -0.637. The van der Waals surface area contributed by atoms with E-state index >= 15 is 0 Å². The van der Waals surface area contributed by atoms with Gasteiger partial charge in [0.2, 0.25) is 5.91 Å². The molecule has 0 unspecified atom stereocenters. The predicted octanol–water partition coefficient (Wildman–Crippen LogP) is 5.59. The van der Waals surface area contributed by atoms with E-state index in [0.717, 1.165) is 11.1 Å². The second-order valence-corrected chi connectivity index (χ2v) is 9.09. The third kappa shape index (κ3) is 4.92.